The number of nitrogens with zero attached hydrogens (tertiary/aromatic N) is 1. The van der Waals surface area contributed by atoms with Crippen LogP contribution in [0.1, 0.15) is 25.7 Å². The molecule has 0 bridgehead atoms. The third-order valence-corrected chi connectivity index (χ3v) is 4.19. The summed E-state index contributed by atoms with van der Waals surface area (Å²) in [5.41, 5.74) is -0.848. The van der Waals surface area contributed by atoms with Gasteiger partial charge >= 0.3 is 0 Å². The smallest absolute Gasteiger partial charge is 0.200 e. The van der Waals surface area contributed by atoms with Crippen molar-refractivity contribution in [2.24, 2.45) is 0 Å². The normalized spacial score (nSPS) is 22.4. The number of rotatable bonds is 3. The van der Waals surface area contributed by atoms with Gasteiger partial charge in [-0.25, -0.2) is 22.0 Å². The molecule has 2 nitrogen and oxygen atoms in total. The first-order valence-corrected chi connectivity index (χ1v) is 6.80. The van der Waals surface area contributed by atoms with E-state index in [0.717, 1.165) is 12.8 Å². The van der Waals surface area contributed by atoms with Gasteiger partial charge in [0.15, 0.2) is 23.3 Å². The molecule has 0 amide bonds. The molecule has 0 spiro atoms. The molecule has 118 valence electrons. The SMILES string of the molecule is CNC1CCC(N(C)c2c(F)c(F)c(F)c(F)c2F)CC1. The summed E-state index contributed by atoms with van der Waals surface area (Å²) in [4.78, 5) is 1.17. The average Bonchev–Trinajstić information content (AvgIpc) is 2.51. The summed E-state index contributed by atoms with van der Waals surface area (Å²) in [5.74, 6) is -9.48. The lowest BCUT2D eigenvalue weighted by Gasteiger charge is -2.36. The van der Waals surface area contributed by atoms with Gasteiger partial charge in [-0.15, -0.1) is 0 Å². The molecule has 7 heteroatoms. The molecule has 21 heavy (non-hydrogen) atoms. The average molecular weight is 308 g/mol. The Hall–Kier alpha value is -1.37. The van der Waals surface area contributed by atoms with Gasteiger partial charge in [0.05, 0.1) is 0 Å². The topological polar surface area (TPSA) is 15.3 Å². The minimum Gasteiger partial charge on any atom is -0.367 e. The van der Waals surface area contributed by atoms with Crippen LogP contribution >= 0.6 is 0 Å². The van der Waals surface area contributed by atoms with Crippen LogP contribution in [-0.2, 0) is 0 Å². The van der Waals surface area contributed by atoms with Crippen molar-refractivity contribution < 1.29 is 22.0 Å². The Kier molecular flexibility index (Phi) is 4.70. The summed E-state index contributed by atoms with van der Waals surface area (Å²) in [6, 6.07) is 0.0777. The molecule has 0 aromatic heterocycles. The molecule has 0 heterocycles. The van der Waals surface area contributed by atoms with Crippen molar-refractivity contribution in [3.63, 3.8) is 0 Å². The molecule has 1 N–H and O–H groups in total. The molecule has 0 saturated heterocycles. The highest BCUT2D eigenvalue weighted by Gasteiger charge is 2.32. The van der Waals surface area contributed by atoms with E-state index in [1.165, 1.54) is 11.9 Å². The highest BCUT2D eigenvalue weighted by Crippen LogP contribution is 2.33. The molecular formula is C14H17F5N2. The molecule has 0 unspecified atom stereocenters. The van der Waals surface area contributed by atoms with Crippen LogP contribution in [0, 0.1) is 29.1 Å². The van der Waals surface area contributed by atoms with Crippen molar-refractivity contribution in [1.29, 1.82) is 0 Å². The Labute approximate surface area is 119 Å². The van der Waals surface area contributed by atoms with Gasteiger partial charge in [0.2, 0.25) is 5.82 Å². The molecule has 1 aromatic carbocycles. The van der Waals surface area contributed by atoms with Crippen LogP contribution in [0.2, 0.25) is 0 Å². The predicted molar refractivity (Wildman–Crippen MR) is 69.7 cm³/mol. The van der Waals surface area contributed by atoms with Gasteiger partial charge in [-0.2, -0.15) is 0 Å². The lowest BCUT2D eigenvalue weighted by molar-refractivity contribution is 0.341. The van der Waals surface area contributed by atoms with Gasteiger partial charge in [0.1, 0.15) is 5.69 Å². The molecular weight excluding hydrogens is 291 g/mol. The summed E-state index contributed by atoms with van der Waals surface area (Å²) >= 11 is 0. The standard InChI is InChI=1S/C14H17F5N2/c1-20-7-3-5-8(6-4-7)21(2)14-12(18)10(16)9(15)11(17)13(14)19/h7-8,20H,3-6H2,1-2H3. The van der Waals surface area contributed by atoms with E-state index in [-0.39, 0.29) is 6.04 Å². The molecule has 0 radical (unpaired) electrons. The van der Waals surface area contributed by atoms with Crippen LogP contribution in [0.3, 0.4) is 0 Å². The van der Waals surface area contributed by atoms with Crippen LogP contribution < -0.4 is 10.2 Å². The van der Waals surface area contributed by atoms with E-state index >= 15 is 0 Å². The summed E-state index contributed by atoms with van der Waals surface area (Å²) in [5, 5.41) is 3.12. The zero-order chi connectivity index (χ0) is 15.7. The van der Waals surface area contributed by atoms with Crippen LogP contribution in [0.25, 0.3) is 0 Å². The zero-order valence-corrected chi connectivity index (χ0v) is 11.8. The second-order valence-corrected chi connectivity index (χ2v) is 5.32. The van der Waals surface area contributed by atoms with Gasteiger partial charge in [0, 0.05) is 19.1 Å². The maximum atomic E-state index is 13.8. The maximum Gasteiger partial charge on any atom is 0.200 e. The van der Waals surface area contributed by atoms with Crippen molar-refractivity contribution in [3.8, 4) is 0 Å². The highest BCUT2D eigenvalue weighted by atomic mass is 19.2. The molecule has 1 aliphatic rings. The molecule has 1 aromatic rings. The van der Waals surface area contributed by atoms with E-state index in [4.69, 9.17) is 0 Å². The highest BCUT2D eigenvalue weighted by molar-refractivity contribution is 5.50. The first-order valence-electron chi connectivity index (χ1n) is 6.80. The van der Waals surface area contributed by atoms with Crippen LogP contribution in [0.4, 0.5) is 27.6 Å². The third kappa shape index (κ3) is 2.84. The van der Waals surface area contributed by atoms with E-state index in [1.807, 2.05) is 7.05 Å². The van der Waals surface area contributed by atoms with Gasteiger partial charge < -0.3 is 10.2 Å². The summed E-state index contributed by atoms with van der Waals surface area (Å²) in [7, 11) is 3.20. The lowest BCUT2D eigenvalue weighted by Crippen LogP contribution is -2.40. The Morgan fingerprint density at radius 3 is 1.67 bits per heavy atom. The third-order valence-electron chi connectivity index (χ3n) is 4.19. The monoisotopic (exact) mass is 308 g/mol. The Balaban J connectivity index is 2.30. The Morgan fingerprint density at radius 2 is 1.24 bits per heavy atom. The fourth-order valence-corrected chi connectivity index (χ4v) is 2.84. The Bertz CT molecular complexity index is 498. The molecule has 1 saturated carbocycles. The minimum atomic E-state index is -2.12. The fraction of sp³-hybridized carbons (Fsp3) is 0.571. The summed E-state index contributed by atoms with van der Waals surface area (Å²) < 4.78 is 67.1. The summed E-state index contributed by atoms with van der Waals surface area (Å²) in [6.07, 6.45) is 2.84. The maximum absolute atomic E-state index is 13.8. The lowest BCUT2D eigenvalue weighted by atomic mass is 9.90. The second-order valence-electron chi connectivity index (χ2n) is 5.32. The molecule has 0 aliphatic heterocycles. The van der Waals surface area contributed by atoms with E-state index in [9.17, 15) is 22.0 Å². The molecule has 1 aliphatic carbocycles. The van der Waals surface area contributed by atoms with Gasteiger partial charge in [0.25, 0.3) is 0 Å². The van der Waals surface area contributed by atoms with Crippen molar-refractivity contribution >= 4 is 5.69 Å². The number of hydrogen-bond acceptors (Lipinski definition) is 2. The number of nitrogens with one attached hydrogen (secondary N) is 1. The Morgan fingerprint density at radius 1 is 0.810 bits per heavy atom. The van der Waals surface area contributed by atoms with Gasteiger partial charge in [-0.1, -0.05) is 0 Å². The van der Waals surface area contributed by atoms with Crippen molar-refractivity contribution in [2.45, 2.75) is 37.8 Å². The van der Waals surface area contributed by atoms with Crippen LogP contribution in [0.5, 0.6) is 0 Å². The first-order chi connectivity index (χ1) is 9.88. The molecule has 1 fully saturated rings. The van der Waals surface area contributed by atoms with Crippen molar-refractivity contribution in [1.82, 2.24) is 5.32 Å². The van der Waals surface area contributed by atoms with E-state index in [2.05, 4.69) is 5.32 Å². The fourth-order valence-electron chi connectivity index (χ4n) is 2.84. The van der Waals surface area contributed by atoms with Crippen molar-refractivity contribution in [3.05, 3.63) is 29.1 Å². The molecule has 2 rings (SSSR count). The molecule has 0 atom stereocenters. The number of hydrogen-bond donors (Lipinski definition) is 1. The quantitative estimate of drug-likeness (QED) is 0.523. The minimum absolute atomic E-state index is 0.247. The van der Waals surface area contributed by atoms with E-state index < -0.39 is 34.8 Å². The predicted octanol–water partition coefficient (Wildman–Crippen LogP) is 3.35. The van der Waals surface area contributed by atoms with Gasteiger partial charge in [-0.3, -0.25) is 0 Å². The van der Waals surface area contributed by atoms with E-state index in [0.29, 0.717) is 18.9 Å². The van der Waals surface area contributed by atoms with E-state index in [1.54, 1.807) is 0 Å². The largest absolute Gasteiger partial charge is 0.367 e. The number of anilines is 1. The first kappa shape index (κ1) is 16.0. The van der Waals surface area contributed by atoms with Gasteiger partial charge in [-0.05, 0) is 32.7 Å². The second kappa shape index (κ2) is 6.17. The zero-order valence-electron chi connectivity index (χ0n) is 11.8. The summed E-state index contributed by atoms with van der Waals surface area (Å²) in [6.45, 7) is 0. The number of halogens is 5. The van der Waals surface area contributed by atoms with Crippen molar-refractivity contribution in [2.75, 3.05) is 19.0 Å². The number of benzene rings is 1. The van der Waals surface area contributed by atoms with Crippen LogP contribution in [-0.4, -0.2) is 26.2 Å². The van der Waals surface area contributed by atoms with Crippen LogP contribution in [0.15, 0.2) is 0 Å².